The van der Waals surface area contributed by atoms with Crippen molar-refractivity contribution < 1.29 is 9.21 Å². The number of anilines is 1. The van der Waals surface area contributed by atoms with Gasteiger partial charge in [-0.25, -0.2) is 4.98 Å². The second-order valence-electron chi connectivity index (χ2n) is 5.96. The van der Waals surface area contributed by atoms with Gasteiger partial charge in [-0.15, -0.1) is 0 Å². The average molecular weight is 408 g/mol. The number of nitrogens with zero attached hydrogens (tertiary/aromatic N) is 1. The van der Waals surface area contributed by atoms with Crippen LogP contribution in [0.15, 0.2) is 77.2 Å². The number of amides is 1. The molecule has 0 aliphatic rings. The molecule has 0 saturated heterocycles. The molecule has 0 fully saturated rings. The van der Waals surface area contributed by atoms with Crippen LogP contribution < -0.4 is 10.6 Å². The lowest BCUT2D eigenvalue weighted by atomic mass is 10.2. The quantitative estimate of drug-likeness (QED) is 0.452. The van der Waals surface area contributed by atoms with Crippen molar-refractivity contribution in [3.05, 3.63) is 83.4 Å². The number of hydrogen-bond donors (Lipinski definition) is 2. The monoisotopic (exact) mass is 407 g/mol. The predicted molar refractivity (Wildman–Crippen MR) is 115 cm³/mol. The second-order valence-corrected chi connectivity index (χ2v) is 6.77. The van der Waals surface area contributed by atoms with E-state index in [1.54, 1.807) is 42.5 Å². The fourth-order valence-electron chi connectivity index (χ4n) is 2.69. The third-order valence-corrected chi connectivity index (χ3v) is 4.55. The summed E-state index contributed by atoms with van der Waals surface area (Å²) in [6.07, 6.45) is 0. The number of thiocarbonyl (C=S) groups is 1. The summed E-state index contributed by atoms with van der Waals surface area (Å²) in [5.41, 5.74) is 3.29. The molecule has 0 saturated carbocycles. The highest BCUT2D eigenvalue weighted by atomic mass is 35.5. The zero-order chi connectivity index (χ0) is 19.5. The summed E-state index contributed by atoms with van der Waals surface area (Å²) in [4.78, 5) is 16.8. The summed E-state index contributed by atoms with van der Waals surface area (Å²) in [5.74, 6) is 0.166. The van der Waals surface area contributed by atoms with E-state index in [-0.39, 0.29) is 11.0 Å². The SMILES string of the molecule is O=C(NC(=S)Nc1ccc2oc(-c3ccccc3)nc2c1)c1ccccc1Cl. The number of hydrogen-bond acceptors (Lipinski definition) is 4. The van der Waals surface area contributed by atoms with Crippen molar-refractivity contribution in [2.75, 3.05) is 5.32 Å². The number of rotatable bonds is 3. The van der Waals surface area contributed by atoms with Crippen LogP contribution in [0.3, 0.4) is 0 Å². The van der Waals surface area contributed by atoms with E-state index >= 15 is 0 Å². The van der Waals surface area contributed by atoms with Crippen molar-refractivity contribution in [1.82, 2.24) is 10.3 Å². The molecule has 0 spiro atoms. The minimum absolute atomic E-state index is 0.163. The third-order valence-electron chi connectivity index (χ3n) is 4.01. The lowest BCUT2D eigenvalue weighted by molar-refractivity contribution is 0.0978. The van der Waals surface area contributed by atoms with Crippen LogP contribution in [0.1, 0.15) is 10.4 Å². The summed E-state index contributed by atoms with van der Waals surface area (Å²) < 4.78 is 5.79. The van der Waals surface area contributed by atoms with Gasteiger partial charge in [0.15, 0.2) is 10.7 Å². The summed E-state index contributed by atoms with van der Waals surface area (Å²) in [5, 5.41) is 6.12. The van der Waals surface area contributed by atoms with Crippen molar-refractivity contribution in [2.24, 2.45) is 0 Å². The number of fused-ring (bicyclic) bond motifs is 1. The van der Waals surface area contributed by atoms with Gasteiger partial charge in [0, 0.05) is 11.3 Å². The molecule has 0 aliphatic carbocycles. The Kier molecular flexibility index (Phi) is 5.06. The second kappa shape index (κ2) is 7.80. The van der Waals surface area contributed by atoms with Gasteiger partial charge in [-0.2, -0.15) is 0 Å². The Bertz CT molecular complexity index is 1170. The van der Waals surface area contributed by atoms with Crippen molar-refractivity contribution in [2.45, 2.75) is 0 Å². The topological polar surface area (TPSA) is 67.2 Å². The number of aromatic nitrogens is 1. The molecule has 1 aromatic heterocycles. The Morgan fingerprint density at radius 2 is 1.75 bits per heavy atom. The molecule has 1 heterocycles. The first-order valence-corrected chi connectivity index (χ1v) is 9.21. The zero-order valence-corrected chi connectivity index (χ0v) is 16.1. The summed E-state index contributed by atoms with van der Waals surface area (Å²) >= 11 is 11.3. The van der Waals surface area contributed by atoms with E-state index in [0.717, 1.165) is 5.56 Å². The lowest BCUT2D eigenvalue weighted by Crippen LogP contribution is -2.34. The fourth-order valence-corrected chi connectivity index (χ4v) is 3.12. The van der Waals surface area contributed by atoms with E-state index in [1.165, 1.54) is 0 Å². The molecule has 0 bridgehead atoms. The maximum Gasteiger partial charge on any atom is 0.258 e. The van der Waals surface area contributed by atoms with Crippen LogP contribution in [0, 0.1) is 0 Å². The number of benzene rings is 3. The molecule has 0 radical (unpaired) electrons. The average Bonchev–Trinajstić information content (AvgIpc) is 3.12. The van der Waals surface area contributed by atoms with E-state index in [2.05, 4.69) is 15.6 Å². The molecule has 28 heavy (non-hydrogen) atoms. The standard InChI is InChI=1S/C21H14ClN3O2S/c22-16-9-5-4-8-15(16)19(26)25-21(28)23-14-10-11-18-17(12-14)24-20(27-18)13-6-2-1-3-7-13/h1-12H,(H2,23,25,26,28). The maximum absolute atomic E-state index is 12.3. The largest absolute Gasteiger partial charge is 0.436 e. The highest BCUT2D eigenvalue weighted by molar-refractivity contribution is 7.80. The van der Waals surface area contributed by atoms with Gasteiger partial charge in [-0.3, -0.25) is 10.1 Å². The van der Waals surface area contributed by atoms with Gasteiger partial charge >= 0.3 is 0 Å². The van der Waals surface area contributed by atoms with Crippen molar-refractivity contribution >= 4 is 51.6 Å². The van der Waals surface area contributed by atoms with Crippen molar-refractivity contribution in [3.8, 4) is 11.5 Å². The van der Waals surface area contributed by atoms with Crippen molar-refractivity contribution in [1.29, 1.82) is 0 Å². The van der Waals surface area contributed by atoms with Gasteiger partial charge in [0.2, 0.25) is 5.89 Å². The maximum atomic E-state index is 12.3. The Hall–Kier alpha value is -3.22. The van der Waals surface area contributed by atoms with Crippen LogP contribution in [0.4, 0.5) is 5.69 Å². The Balaban J connectivity index is 1.49. The first kappa shape index (κ1) is 18.2. The molecule has 4 aromatic rings. The fraction of sp³-hybridized carbons (Fsp3) is 0. The van der Waals surface area contributed by atoms with Gasteiger partial charge in [-0.05, 0) is 54.7 Å². The van der Waals surface area contributed by atoms with Gasteiger partial charge < -0.3 is 9.73 Å². The Morgan fingerprint density at radius 3 is 2.54 bits per heavy atom. The predicted octanol–water partition coefficient (Wildman–Crippen LogP) is 5.28. The first-order chi connectivity index (χ1) is 13.6. The number of nitrogens with one attached hydrogen (secondary N) is 2. The van der Waals surface area contributed by atoms with Crippen molar-refractivity contribution in [3.63, 3.8) is 0 Å². The highest BCUT2D eigenvalue weighted by Crippen LogP contribution is 2.26. The van der Waals surface area contributed by atoms with E-state index in [0.29, 0.717) is 33.3 Å². The van der Waals surface area contributed by atoms with Gasteiger partial charge in [-0.1, -0.05) is 41.9 Å². The smallest absolute Gasteiger partial charge is 0.258 e. The lowest BCUT2D eigenvalue weighted by Gasteiger charge is -2.10. The summed E-state index contributed by atoms with van der Waals surface area (Å²) in [6, 6.07) is 21.8. The number of carbonyl (C=O) groups excluding carboxylic acids is 1. The molecule has 3 aromatic carbocycles. The minimum atomic E-state index is -0.378. The summed E-state index contributed by atoms with van der Waals surface area (Å²) in [6.45, 7) is 0. The number of halogens is 1. The normalized spacial score (nSPS) is 10.6. The Morgan fingerprint density at radius 1 is 1.00 bits per heavy atom. The summed E-state index contributed by atoms with van der Waals surface area (Å²) in [7, 11) is 0. The van der Waals surface area contributed by atoms with E-state index in [9.17, 15) is 4.79 Å². The Labute approximate surface area is 171 Å². The van der Waals surface area contributed by atoms with Crippen LogP contribution in [-0.4, -0.2) is 16.0 Å². The zero-order valence-electron chi connectivity index (χ0n) is 14.5. The van der Waals surface area contributed by atoms with Gasteiger partial charge in [0.05, 0.1) is 10.6 Å². The van der Waals surface area contributed by atoms with Crippen LogP contribution in [0.25, 0.3) is 22.6 Å². The number of carbonyl (C=O) groups is 1. The van der Waals surface area contributed by atoms with Crippen LogP contribution in [0.2, 0.25) is 5.02 Å². The van der Waals surface area contributed by atoms with E-state index in [4.69, 9.17) is 28.2 Å². The number of oxazole rings is 1. The first-order valence-electron chi connectivity index (χ1n) is 8.43. The third kappa shape index (κ3) is 3.88. The molecule has 0 atom stereocenters. The van der Waals surface area contributed by atoms with E-state index < -0.39 is 0 Å². The molecule has 2 N–H and O–H groups in total. The van der Waals surface area contributed by atoms with E-state index in [1.807, 2.05) is 30.3 Å². The minimum Gasteiger partial charge on any atom is -0.436 e. The van der Waals surface area contributed by atoms with Crippen LogP contribution >= 0.6 is 23.8 Å². The molecule has 7 heteroatoms. The molecule has 1 amide bonds. The van der Waals surface area contributed by atoms with Crippen LogP contribution in [-0.2, 0) is 0 Å². The van der Waals surface area contributed by atoms with Gasteiger partial charge in [0.1, 0.15) is 5.52 Å². The molecule has 0 unspecified atom stereocenters. The van der Waals surface area contributed by atoms with Crippen LogP contribution in [0.5, 0.6) is 0 Å². The molecule has 0 aliphatic heterocycles. The molecule has 5 nitrogen and oxygen atoms in total. The van der Waals surface area contributed by atoms with Gasteiger partial charge in [0.25, 0.3) is 5.91 Å². The molecule has 138 valence electrons. The molecule has 4 rings (SSSR count). The molecular formula is C21H14ClN3O2S. The highest BCUT2D eigenvalue weighted by Gasteiger charge is 2.12. The molecular weight excluding hydrogens is 394 g/mol.